The average molecular weight is 533 g/mol. The summed E-state index contributed by atoms with van der Waals surface area (Å²) in [5, 5.41) is 12.6. The molecular formula is C23H45FN8O3S. The van der Waals surface area contributed by atoms with Crippen molar-refractivity contribution in [1.82, 2.24) is 41.7 Å². The number of rotatable bonds is 9. The normalized spacial score (nSPS) is 38.6. The number of carbonyl (C=O) groups is 1. The summed E-state index contributed by atoms with van der Waals surface area (Å²) >= 11 is 0. The molecule has 0 aromatic carbocycles. The van der Waals surface area contributed by atoms with E-state index in [1.165, 1.54) is 7.05 Å². The zero-order chi connectivity index (χ0) is 25.7. The third-order valence-electron chi connectivity index (χ3n) is 8.58. The lowest BCUT2D eigenvalue weighted by Gasteiger charge is -2.35. The zero-order valence-corrected chi connectivity index (χ0v) is 22.4. The summed E-state index contributed by atoms with van der Waals surface area (Å²) in [5.74, 6) is -0.942. The Hall–Kier alpha value is -0.930. The Morgan fingerprint density at radius 1 is 1.08 bits per heavy atom. The molecule has 0 radical (unpaired) electrons. The first-order valence-electron chi connectivity index (χ1n) is 13.5. The van der Waals surface area contributed by atoms with Crippen LogP contribution in [0.4, 0.5) is 4.39 Å². The lowest BCUT2D eigenvalue weighted by molar-refractivity contribution is -0.126. The Morgan fingerprint density at radius 2 is 1.89 bits per heavy atom. The van der Waals surface area contributed by atoms with Crippen LogP contribution in [-0.2, 0) is 14.8 Å². The number of halogens is 1. The number of likely N-dealkylation sites (N-methyl/N-ethyl adjacent to an activating group) is 1. The van der Waals surface area contributed by atoms with Crippen molar-refractivity contribution in [3.8, 4) is 0 Å². The molecule has 2 aliphatic carbocycles. The largest absolute Gasteiger partial charge is 0.355 e. The van der Waals surface area contributed by atoms with Crippen LogP contribution in [0.5, 0.6) is 0 Å². The van der Waals surface area contributed by atoms with Crippen molar-refractivity contribution in [2.45, 2.75) is 87.2 Å². The molecule has 2 saturated carbocycles. The molecule has 0 bridgehead atoms. The van der Waals surface area contributed by atoms with Crippen LogP contribution in [0.3, 0.4) is 0 Å². The number of alkyl halides is 1. The fraction of sp³-hybridized carbons (Fsp3) is 0.957. The van der Waals surface area contributed by atoms with Gasteiger partial charge in [0.05, 0.1) is 17.6 Å². The summed E-state index contributed by atoms with van der Waals surface area (Å²) < 4.78 is 41.8. The molecule has 36 heavy (non-hydrogen) atoms. The third-order valence-corrected chi connectivity index (χ3v) is 10.5. The Labute approximate surface area is 214 Å². The number of nitrogens with one attached hydrogen (secondary N) is 7. The summed E-state index contributed by atoms with van der Waals surface area (Å²) in [5.41, 5.74) is 6.81. The summed E-state index contributed by atoms with van der Waals surface area (Å²) in [6.07, 6.45) is 5.04. The molecule has 208 valence electrons. The number of carbonyl (C=O) groups excluding carboxylic acids is 1. The lowest BCUT2D eigenvalue weighted by atomic mass is 9.84. The molecule has 7 N–H and O–H groups in total. The highest BCUT2D eigenvalue weighted by Gasteiger charge is 2.41. The van der Waals surface area contributed by atoms with E-state index >= 15 is 0 Å². The van der Waals surface area contributed by atoms with Gasteiger partial charge in [0, 0.05) is 43.7 Å². The van der Waals surface area contributed by atoms with Crippen molar-refractivity contribution in [3.63, 3.8) is 0 Å². The highest BCUT2D eigenvalue weighted by atomic mass is 32.2. The van der Waals surface area contributed by atoms with Crippen LogP contribution in [0.25, 0.3) is 0 Å². The molecule has 2 heterocycles. The lowest BCUT2D eigenvalue weighted by Crippen LogP contribution is -2.58. The molecule has 0 aromatic heterocycles. The van der Waals surface area contributed by atoms with E-state index in [1.807, 2.05) is 0 Å². The predicted octanol–water partition coefficient (Wildman–Crippen LogP) is -1.09. The average Bonchev–Trinajstić information content (AvgIpc) is 3.27. The zero-order valence-electron chi connectivity index (χ0n) is 21.6. The van der Waals surface area contributed by atoms with Crippen molar-refractivity contribution in [2.24, 2.45) is 11.8 Å². The molecule has 13 heteroatoms. The molecule has 4 fully saturated rings. The second-order valence-electron chi connectivity index (χ2n) is 10.8. The maximum Gasteiger partial charge on any atom is 0.223 e. The van der Waals surface area contributed by atoms with Crippen molar-refractivity contribution in [3.05, 3.63) is 0 Å². The molecule has 2 aliphatic heterocycles. The van der Waals surface area contributed by atoms with E-state index in [9.17, 15) is 17.6 Å². The molecule has 4 rings (SSSR count). The molecule has 11 nitrogen and oxygen atoms in total. The number of hydrazine groups is 1. The molecule has 4 aliphatic rings. The summed E-state index contributed by atoms with van der Waals surface area (Å²) in [4.78, 5) is 15.3. The predicted molar refractivity (Wildman–Crippen MR) is 137 cm³/mol. The number of amides is 1. The molecule has 1 amide bonds. The molecule has 0 aromatic rings. The van der Waals surface area contributed by atoms with Crippen LogP contribution in [0.15, 0.2) is 0 Å². The second-order valence-corrected chi connectivity index (χ2v) is 12.9. The van der Waals surface area contributed by atoms with Gasteiger partial charge in [-0.15, -0.1) is 0 Å². The Balaban J connectivity index is 1.23. The van der Waals surface area contributed by atoms with Gasteiger partial charge < -0.3 is 16.0 Å². The van der Waals surface area contributed by atoms with Crippen LogP contribution >= 0.6 is 0 Å². The minimum atomic E-state index is -3.59. The highest BCUT2D eigenvalue weighted by molar-refractivity contribution is 7.90. The van der Waals surface area contributed by atoms with E-state index in [0.29, 0.717) is 25.3 Å². The van der Waals surface area contributed by atoms with Gasteiger partial charge in [0.25, 0.3) is 0 Å². The maximum absolute atomic E-state index is 14.7. The number of hydrogen-bond acceptors (Lipinski definition) is 9. The van der Waals surface area contributed by atoms with Gasteiger partial charge >= 0.3 is 0 Å². The minimum Gasteiger partial charge on any atom is -0.355 e. The molecular weight excluding hydrogens is 487 g/mol. The van der Waals surface area contributed by atoms with Crippen LogP contribution in [-0.4, -0.2) is 95.5 Å². The highest BCUT2D eigenvalue weighted by Crippen LogP contribution is 2.32. The van der Waals surface area contributed by atoms with Crippen molar-refractivity contribution >= 4 is 15.9 Å². The summed E-state index contributed by atoms with van der Waals surface area (Å²) in [6.45, 7) is 2.66. The minimum absolute atomic E-state index is 0.0642. The third kappa shape index (κ3) is 6.73. The Morgan fingerprint density at radius 3 is 2.64 bits per heavy atom. The van der Waals surface area contributed by atoms with Crippen molar-refractivity contribution in [2.75, 3.05) is 40.4 Å². The Bertz CT molecular complexity index is 830. The smallest absolute Gasteiger partial charge is 0.223 e. The van der Waals surface area contributed by atoms with E-state index in [2.05, 4.69) is 48.8 Å². The van der Waals surface area contributed by atoms with E-state index in [1.54, 1.807) is 0 Å². The fourth-order valence-electron chi connectivity index (χ4n) is 6.30. The fourth-order valence-corrected chi connectivity index (χ4v) is 7.81. The van der Waals surface area contributed by atoms with E-state index in [0.717, 1.165) is 51.9 Å². The number of sulfonamides is 1. The maximum atomic E-state index is 14.7. The van der Waals surface area contributed by atoms with Crippen LogP contribution in [0, 0.1) is 11.8 Å². The van der Waals surface area contributed by atoms with Gasteiger partial charge in [0.2, 0.25) is 15.9 Å². The van der Waals surface area contributed by atoms with Crippen molar-refractivity contribution in [1.29, 1.82) is 0 Å². The van der Waals surface area contributed by atoms with Gasteiger partial charge in [-0.1, -0.05) is 6.42 Å². The van der Waals surface area contributed by atoms with Gasteiger partial charge in [0.15, 0.2) is 0 Å². The summed E-state index contributed by atoms with van der Waals surface area (Å²) in [7, 11) is -0.106. The molecule has 2 saturated heterocycles. The van der Waals surface area contributed by atoms with E-state index in [4.69, 9.17) is 0 Å². The first kappa shape index (κ1) is 28.1. The second kappa shape index (κ2) is 12.7. The standard InChI is InChI=1S/C23H45FN8O3S/c1-25-36(34,35)20-8-4-7-18(24)17(20)12-28-23(33)15-5-3-6-16(11-15)27-13-21-30-31-22(32(21)2)19-9-10-26-14-29-19/h15-22,25-27,29-31H,3-14H2,1-2H3,(H,28,33). The van der Waals surface area contributed by atoms with Gasteiger partial charge in [0.1, 0.15) is 6.17 Å². The van der Waals surface area contributed by atoms with Crippen LogP contribution in [0.1, 0.15) is 51.4 Å². The number of hydrogen-bond donors (Lipinski definition) is 7. The quantitative estimate of drug-likeness (QED) is 0.197. The van der Waals surface area contributed by atoms with Gasteiger partial charge in [-0.25, -0.2) is 28.4 Å². The van der Waals surface area contributed by atoms with Crippen molar-refractivity contribution < 1.29 is 17.6 Å². The monoisotopic (exact) mass is 532 g/mol. The van der Waals surface area contributed by atoms with Crippen LogP contribution in [0.2, 0.25) is 0 Å². The summed E-state index contributed by atoms with van der Waals surface area (Å²) in [6, 6.07) is 0.619. The topological polar surface area (TPSA) is 139 Å². The molecule has 8 unspecified atom stereocenters. The van der Waals surface area contributed by atoms with E-state index in [-0.39, 0.29) is 36.7 Å². The SMILES string of the molecule is CNS(=O)(=O)C1CCCC(F)C1CNC(=O)C1CCCC(NCC2NNC(C3CCNCN3)N2C)C1. The van der Waals surface area contributed by atoms with Crippen LogP contribution < -0.4 is 36.8 Å². The first-order valence-corrected chi connectivity index (χ1v) is 15.1. The van der Waals surface area contributed by atoms with Gasteiger partial charge in [-0.2, -0.15) is 0 Å². The molecule has 0 spiro atoms. The van der Waals surface area contributed by atoms with Gasteiger partial charge in [-0.3, -0.25) is 15.0 Å². The first-order chi connectivity index (χ1) is 17.3. The van der Waals surface area contributed by atoms with E-state index < -0.39 is 27.4 Å². The number of nitrogens with zero attached hydrogens (tertiary/aromatic N) is 1. The molecule has 8 atom stereocenters. The Kier molecular flexibility index (Phi) is 9.94. The van der Waals surface area contributed by atoms with Gasteiger partial charge in [-0.05, 0) is 65.6 Å².